The van der Waals surface area contributed by atoms with Crippen molar-refractivity contribution in [1.29, 1.82) is 0 Å². The smallest absolute Gasteiger partial charge is 0.234 e. The maximum absolute atomic E-state index is 13.2. The molecular formula is C21H24N2O3. The van der Waals surface area contributed by atoms with Gasteiger partial charge in [0.05, 0.1) is 18.2 Å². The molecule has 5 heteroatoms. The normalized spacial score (nSPS) is 18.6. The van der Waals surface area contributed by atoms with Gasteiger partial charge < -0.3 is 15.4 Å². The van der Waals surface area contributed by atoms with Gasteiger partial charge in [0.15, 0.2) is 0 Å². The molecule has 0 aromatic heterocycles. The summed E-state index contributed by atoms with van der Waals surface area (Å²) in [5, 5.41) is 5.74. The Bertz CT molecular complexity index is 847. The number of carbonyl (C=O) groups is 2. The van der Waals surface area contributed by atoms with Crippen molar-refractivity contribution in [3.8, 4) is 5.75 Å². The summed E-state index contributed by atoms with van der Waals surface area (Å²) in [4.78, 5) is 24.5. The molecule has 0 heterocycles. The number of rotatable bonds is 4. The fraction of sp³-hybridized carbons (Fsp3) is 0.333. The number of amides is 2. The van der Waals surface area contributed by atoms with E-state index in [4.69, 9.17) is 4.74 Å². The molecule has 1 atom stereocenters. The lowest BCUT2D eigenvalue weighted by Crippen LogP contribution is -2.40. The molecule has 5 nitrogen and oxygen atoms in total. The second kappa shape index (κ2) is 7.20. The fourth-order valence-electron chi connectivity index (χ4n) is 3.63. The number of aryl methyl sites for hydroxylation is 1. The molecule has 2 aromatic carbocycles. The second-order valence-electron chi connectivity index (χ2n) is 6.89. The van der Waals surface area contributed by atoms with Crippen molar-refractivity contribution in [3.63, 3.8) is 0 Å². The third kappa shape index (κ3) is 3.43. The Kier molecular flexibility index (Phi) is 4.98. The number of fused-ring (bicyclic) bond motifs is 1. The predicted molar refractivity (Wildman–Crippen MR) is 103 cm³/mol. The molecule has 26 heavy (non-hydrogen) atoms. The zero-order valence-corrected chi connectivity index (χ0v) is 15.4. The Morgan fingerprint density at radius 1 is 1.12 bits per heavy atom. The van der Waals surface area contributed by atoms with Crippen LogP contribution in [-0.4, -0.2) is 18.9 Å². The lowest BCUT2D eigenvalue weighted by Gasteiger charge is -2.34. The predicted octanol–water partition coefficient (Wildman–Crippen LogP) is 3.89. The van der Waals surface area contributed by atoms with Crippen LogP contribution < -0.4 is 15.4 Å². The van der Waals surface area contributed by atoms with Crippen molar-refractivity contribution in [2.24, 2.45) is 0 Å². The van der Waals surface area contributed by atoms with Gasteiger partial charge in [0, 0.05) is 12.6 Å². The lowest BCUT2D eigenvalue weighted by molar-refractivity contribution is -0.121. The van der Waals surface area contributed by atoms with Crippen LogP contribution in [0.2, 0.25) is 0 Å². The summed E-state index contributed by atoms with van der Waals surface area (Å²) >= 11 is 0. The van der Waals surface area contributed by atoms with E-state index in [0.29, 0.717) is 17.1 Å². The van der Waals surface area contributed by atoms with E-state index in [2.05, 4.69) is 16.7 Å². The summed E-state index contributed by atoms with van der Waals surface area (Å²) in [5.41, 5.74) is 2.89. The largest absolute Gasteiger partial charge is 0.495 e. The molecule has 1 unspecified atom stereocenters. The average molecular weight is 352 g/mol. The van der Waals surface area contributed by atoms with Gasteiger partial charge in [-0.3, -0.25) is 9.59 Å². The van der Waals surface area contributed by atoms with Crippen molar-refractivity contribution in [3.05, 3.63) is 53.6 Å². The van der Waals surface area contributed by atoms with Crippen LogP contribution >= 0.6 is 0 Å². The van der Waals surface area contributed by atoms with Gasteiger partial charge in [-0.05, 0) is 55.5 Å². The van der Waals surface area contributed by atoms with E-state index in [1.807, 2.05) is 25.1 Å². The molecule has 0 spiro atoms. The molecule has 1 aliphatic carbocycles. The summed E-state index contributed by atoms with van der Waals surface area (Å²) in [5.74, 6) is 0.323. The van der Waals surface area contributed by atoms with Gasteiger partial charge in [-0.15, -0.1) is 0 Å². The van der Waals surface area contributed by atoms with E-state index >= 15 is 0 Å². The van der Waals surface area contributed by atoms with Gasteiger partial charge in [-0.2, -0.15) is 0 Å². The zero-order valence-electron chi connectivity index (χ0n) is 15.4. The minimum atomic E-state index is -0.593. The third-order valence-corrected chi connectivity index (χ3v) is 5.00. The average Bonchev–Trinajstić information content (AvgIpc) is 2.62. The summed E-state index contributed by atoms with van der Waals surface area (Å²) in [6.45, 7) is 3.44. The van der Waals surface area contributed by atoms with Crippen LogP contribution in [0.3, 0.4) is 0 Å². The minimum absolute atomic E-state index is 0.0667. The van der Waals surface area contributed by atoms with Crippen molar-refractivity contribution < 1.29 is 14.3 Å². The summed E-state index contributed by atoms with van der Waals surface area (Å²) in [7, 11) is 1.56. The second-order valence-corrected chi connectivity index (χ2v) is 6.89. The molecule has 2 N–H and O–H groups in total. The summed E-state index contributed by atoms with van der Waals surface area (Å²) < 4.78 is 5.37. The molecular weight excluding hydrogens is 328 g/mol. The number of hydrogen-bond acceptors (Lipinski definition) is 3. The van der Waals surface area contributed by atoms with Crippen molar-refractivity contribution >= 4 is 23.2 Å². The minimum Gasteiger partial charge on any atom is -0.495 e. The number of nitrogens with one attached hydrogen (secondary N) is 2. The van der Waals surface area contributed by atoms with Gasteiger partial charge in [0.1, 0.15) is 5.75 Å². The highest BCUT2D eigenvalue weighted by Crippen LogP contribution is 2.39. The van der Waals surface area contributed by atoms with Crippen LogP contribution in [0.15, 0.2) is 42.5 Å². The fourth-order valence-corrected chi connectivity index (χ4v) is 3.63. The first-order valence-corrected chi connectivity index (χ1v) is 8.79. The van der Waals surface area contributed by atoms with Crippen LogP contribution in [0.4, 0.5) is 11.4 Å². The van der Waals surface area contributed by atoms with Crippen molar-refractivity contribution in [2.75, 3.05) is 17.7 Å². The first-order chi connectivity index (χ1) is 12.4. The van der Waals surface area contributed by atoms with Gasteiger partial charge in [-0.25, -0.2) is 0 Å². The molecule has 2 aromatic rings. The number of carbonyl (C=O) groups excluding carboxylic acids is 2. The maximum Gasteiger partial charge on any atom is 0.234 e. The van der Waals surface area contributed by atoms with E-state index in [0.717, 1.165) is 24.8 Å². The van der Waals surface area contributed by atoms with Gasteiger partial charge in [0.25, 0.3) is 0 Å². The molecule has 0 aliphatic heterocycles. The van der Waals surface area contributed by atoms with Crippen molar-refractivity contribution in [1.82, 2.24) is 0 Å². The maximum atomic E-state index is 13.2. The Morgan fingerprint density at radius 2 is 1.88 bits per heavy atom. The molecule has 3 rings (SSSR count). The van der Waals surface area contributed by atoms with E-state index in [-0.39, 0.29) is 11.8 Å². The topological polar surface area (TPSA) is 67.4 Å². The molecule has 1 aliphatic rings. The Balaban J connectivity index is 1.92. The first-order valence-electron chi connectivity index (χ1n) is 8.79. The zero-order chi connectivity index (χ0) is 18.7. The SMILES string of the molecule is COc1ccc(NC(C)=O)cc1NC(=O)C1(C)CCCc2ccccc21. The number of hydrogen-bond donors (Lipinski definition) is 2. The molecule has 0 saturated carbocycles. The van der Waals surface area contributed by atoms with Gasteiger partial charge in [0.2, 0.25) is 11.8 Å². The number of ether oxygens (including phenoxy) is 1. The monoisotopic (exact) mass is 352 g/mol. The molecule has 2 amide bonds. The summed E-state index contributed by atoms with van der Waals surface area (Å²) in [6, 6.07) is 13.3. The number of benzene rings is 2. The quantitative estimate of drug-likeness (QED) is 0.877. The van der Waals surface area contributed by atoms with Crippen molar-refractivity contribution in [2.45, 2.75) is 38.5 Å². The molecule has 0 saturated heterocycles. The first kappa shape index (κ1) is 18.0. The molecule has 0 radical (unpaired) electrons. The lowest BCUT2D eigenvalue weighted by atomic mass is 9.70. The summed E-state index contributed by atoms with van der Waals surface area (Å²) in [6.07, 6.45) is 2.77. The molecule has 0 bridgehead atoms. The standard InChI is InChI=1S/C21H24N2O3/c1-14(24)22-16-10-11-19(26-3)18(13-16)23-20(25)21(2)12-6-8-15-7-4-5-9-17(15)21/h4-5,7,9-11,13H,6,8,12H2,1-3H3,(H,22,24)(H,23,25). The number of anilines is 2. The van der Waals surface area contributed by atoms with Crippen LogP contribution in [0, 0.1) is 0 Å². The highest BCUT2D eigenvalue weighted by molar-refractivity contribution is 6.01. The van der Waals surface area contributed by atoms with Gasteiger partial charge >= 0.3 is 0 Å². The number of methoxy groups -OCH3 is 1. The van der Waals surface area contributed by atoms with Crippen LogP contribution in [0.25, 0.3) is 0 Å². The van der Waals surface area contributed by atoms with E-state index in [1.54, 1.807) is 25.3 Å². The Hall–Kier alpha value is -2.82. The Labute approximate surface area is 153 Å². The Morgan fingerprint density at radius 3 is 2.62 bits per heavy atom. The highest BCUT2D eigenvalue weighted by Gasteiger charge is 2.39. The van der Waals surface area contributed by atoms with E-state index in [1.165, 1.54) is 12.5 Å². The van der Waals surface area contributed by atoms with E-state index < -0.39 is 5.41 Å². The van der Waals surface area contributed by atoms with Gasteiger partial charge in [-0.1, -0.05) is 24.3 Å². The highest BCUT2D eigenvalue weighted by atomic mass is 16.5. The van der Waals surface area contributed by atoms with E-state index in [9.17, 15) is 9.59 Å². The van der Waals surface area contributed by atoms with Crippen LogP contribution in [0.5, 0.6) is 5.75 Å². The molecule has 0 fully saturated rings. The third-order valence-electron chi connectivity index (χ3n) is 5.00. The molecule has 136 valence electrons. The van der Waals surface area contributed by atoms with Crippen LogP contribution in [0.1, 0.15) is 37.8 Å². The van der Waals surface area contributed by atoms with Crippen LogP contribution in [-0.2, 0) is 21.4 Å².